The van der Waals surface area contributed by atoms with E-state index < -0.39 is 15.8 Å². The number of carboxylic acid groups (broad SMARTS) is 1. The number of carboxylic acids is 1. The van der Waals surface area contributed by atoms with Crippen molar-refractivity contribution in [3.8, 4) is 0 Å². The SMILES string of the molecule is CS(=O)(=O)Cc1ccc(C(=O)N2CCC(C(=O)O)CC2)cc1. The standard InChI is InChI=1S/C15H19NO5S/c1-22(20,21)10-11-2-4-12(5-3-11)14(17)16-8-6-13(7-9-16)15(18)19/h2-5,13H,6-10H2,1H3,(H,18,19). The summed E-state index contributed by atoms with van der Waals surface area (Å²) in [4.78, 5) is 24.9. The van der Waals surface area contributed by atoms with Gasteiger partial charge in [-0.3, -0.25) is 9.59 Å². The quantitative estimate of drug-likeness (QED) is 0.897. The minimum Gasteiger partial charge on any atom is -0.481 e. The number of nitrogens with zero attached hydrogens (tertiary/aromatic N) is 1. The molecule has 1 aliphatic heterocycles. The van der Waals surface area contributed by atoms with Crippen molar-refractivity contribution in [3.63, 3.8) is 0 Å². The number of aliphatic carboxylic acids is 1. The molecule has 0 radical (unpaired) electrons. The Morgan fingerprint density at radius 3 is 2.18 bits per heavy atom. The van der Waals surface area contributed by atoms with Gasteiger partial charge in [-0.05, 0) is 30.5 Å². The third-order valence-corrected chi connectivity index (χ3v) is 4.62. The van der Waals surface area contributed by atoms with Gasteiger partial charge in [0.2, 0.25) is 0 Å². The van der Waals surface area contributed by atoms with Gasteiger partial charge < -0.3 is 10.0 Å². The average molecular weight is 325 g/mol. The normalized spacial score (nSPS) is 16.5. The van der Waals surface area contributed by atoms with Crippen LogP contribution in [0.25, 0.3) is 0 Å². The number of carbonyl (C=O) groups is 2. The predicted octanol–water partition coefficient (Wildman–Crippen LogP) is 1.17. The van der Waals surface area contributed by atoms with E-state index in [1.165, 1.54) is 6.26 Å². The Kier molecular flexibility index (Phi) is 4.85. The van der Waals surface area contributed by atoms with Crippen LogP contribution in [0.2, 0.25) is 0 Å². The summed E-state index contributed by atoms with van der Waals surface area (Å²) in [7, 11) is -3.10. The summed E-state index contributed by atoms with van der Waals surface area (Å²) in [6, 6.07) is 6.51. The van der Waals surface area contributed by atoms with Crippen molar-refractivity contribution in [2.75, 3.05) is 19.3 Å². The minimum absolute atomic E-state index is 0.0501. The molecule has 1 heterocycles. The smallest absolute Gasteiger partial charge is 0.306 e. The van der Waals surface area contributed by atoms with Crippen LogP contribution in [0.5, 0.6) is 0 Å². The van der Waals surface area contributed by atoms with E-state index in [4.69, 9.17) is 5.11 Å². The number of amides is 1. The molecule has 0 aliphatic carbocycles. The number of benzene rings is 1. The van der Waals surface area contributed by atoms with Crippen LogP contribution in [0.3, 0.4) is 0 Å². The fraction of sp³-hybridized carbons (Fsp3) is 0.467. The first-order chi connectivity index (χ1) is 10.3. The molecular formula is C15H19NO5S. The minimum atomic E-state index is -3.10. The molecule has 1 aromatic rings. The molecule has 7 heteroatoms. The molecule has 1 aliphatic rings. The van der Waals surface area contributed by atoms with Crippen molar-refractivity contribution in [1.29, 1.82) is 0 Å². The summed E-state index contributed by atoms with van der Waals surface area (Å²) in [5, 5.41) is 8.95. The lowest BCUT2D eigenvalue weighted by atomic mass is 9.96. The molecule has 0 atom stereocenters. The first-order valence-corrected chi connectivity index (χ1v) is 9.11. The van der Waals surface area contributed by atoms with Crippen molar-refractivity contribution < 1.29 is 23.1 Å². The van der Waals surface area contributed by atoms with Crippen LogP contribution < -0.4 is 0 Å². The molecule has 0 spiro atoms. The van der Waals surface area contributed by atoms with Gasteiger partial charge in [-0.1, -0.05) is 12.1 Å². The highest BCUT2D eigenvalue weighted by molar-refractivity contribution is 7.89. The third kappa shape index (κ3) is 4.30. The molecule has 6 nitrogen and oxygen atoms in total. The molecule has 120 valence electrons. The number of hydrogen-bond donors (Lipinski definition) is 1. The molecule has 1 fully saturated rings. The Labute approximate surface area is 129 Å². The number of likely N-dealkylation sites (tertiary alicyclic amines) is 1. The van der Waals surface area contributed by atoms with Crippen LogP contribution in [0.15, 0.2) is 24.3 Å². The van der Waals surface area contributed by atoms with Crippen LogP contribution in [0.1, 0.15) is 28.8 Å². The summed E-state index contributed by atoms with van der Waals surface area (Å²) in [5.41, 5.74) is 1.13. The zero-order valence-electron chi connectivity index (χ0n) is 12.4. The summed E-state index contributed by atoms with van der Waals surface area (Å²) >= 11 is 0. The first kappa shape index (κ1) is 16.5. The highest BCUT2D eigenvalue weighted by atomic mass is 32.2. The van der Waals surface area contributed by atoms with Crippen molar-refractivity contribution in [2.45, 2.75) is 18.6 Å². The maximum Gasteiger partial charge on any atom is 0.306 e. The highest BCUT2D eigenvalue weighted by Gasteiger charge is 2.27. The van der Waals surface area contributed by atoms with Crippen LogP contribution in [0.4, 0.5) is 0 Å². The zero-order chi connectivity index (χ0) is 16.3. The summed E-state index contributed by atoms with van der Waals surface area (Å²) in [6.07, 6.45) is 2.10. The van der Waals surface area contributed by atoms with E-state index in [0.29, 0.717) is 37.1 Å². The zero-order valence-corrected chi connectivity index (χ0v) is 13.2. The molecule has 1 aromatic carbocycles. The van der Waals surface area contributed by atoms with Gasteiger partial charge in [-0.2, -0.15) is 0 Å². The number of carbonyl (C=O) groups excluding carboxylic acids is 1. The number of piperidine rings is 1. The van der Waals surface area contributed by atoms with E-state index >= 15 is 0 Å². The van der Waals surface area contributed by atoms with Crippen molar-refractivity contribution in [2.24, 2.45) is 5.92 Å². The molecule has 1 N–H and O–H groups in total. The van der Waals surface area contributed by atoms with Gasteiger partial charge in [-0.15, -0.1) is 0 Å². The second kappa shape index (κ2) is 6.48. The molecule has 0 saturated carbocycles. The summed E-state index contributed by atoms with van der Waals surface area (Å²) in [6.45, 7) is 0.863. The highest BCUT2D eigenvalue weighted by Crippen LogP contribution is 2.19. The summed E-state index contributed by atoms with van der Waals surface area (Å²) < 4.78 is 22.5. The largest absolute Gasteiger partial charge is 0.481 e. The van der Waals surface area contributed by atoms with E-state index in [1.54, 1.807) is 29.2 Å². The lowest BCUT2D eigenvalue weighted by molar-refractivity contribution is -0.143. The lowest BCUT2D eigenvalue weighted by Crippen LogP contribution is -2.40. The predicted molar refractivity (Wildman–Crippen MR) is 81.3 cm³/mol. The van der Waals surface area contributed by atoms with Gasteiger partial charge in [0.1, 0.15) is 0 Å². The molecule has 22 heavy (non-hydrogen) atoms. The van der Waals surface area contributed by atoms with Crippen LogP contribution in [-0.2, 0) is 20.4 Å². The van der Waals surface area contributed by atoms with Gasteiger partial charge in [0.25, 0.3) is 5.91 Å². The number of sulfone groups is 1. The molecule has 1 saturated heterocycles. The van der Waals surface area contributed by atoms with E-state index in [-0.39, 0.29) is 17.6 Å². The Bertz CT molecular complexity index is 658. The van der Waals surface area contributed by atoms with Crippen LogP contribution in [0, 0.1) is 5.92 Å². The van der Waals surface area contributed by atoms with E-state index in [9.17, 15) is 18.0 Å². The second-order valence-electron chi connectivity index (χ2n) is 5.67. The van der Waals surface area contributed by atoms with Gasteiger partial charge in [0, 0.05) is 24.9 Å². The molecule has 0 aromatic heterocycles. The number of hydrogen-bond acceptors (Lipinski definition) is 4. The molecule has 0 unspecified atom stereocenters. The van der Waals surface area contributed by atoms with Crippen LogP contribution >= 0.6 is 0 Å². The maximum atomic E-state index is 12.3. The van der Waals surface area contributed by atoms with E-state index in [0.717, 1.165) is 0 Å². The fourth-order valence-corrected chi connectivity index (χ4v) is 3.36. The second-order valence-corrected chi connectivity index (χ2v) is 7.81. The molecule has 1 amide bonds. The van der Waals surface area contributed by atoms with E-state index in [1.807, 2.05) is 0 Å². The first-order valence-electron chi connectivity index (χ1n) is 7.05. The third-order valence-electron chi connectivity index (χ3n) is 3.76. The number of rotatable bonds is 4. The molecule has 2 rings (SSSR count). The van der Waals surface area contributed by atoms with Gasteiger partial charge >= 0.3 is 5.97 Å². The summed E-state index contributed by atoms with van der Waals surface area (Å²) in [5.74, 6) is -1.38. The van der Waals surface area contributed by atoms with E-state index in [2.05, 4.69) is 0 Å². The lowest BCUT2D eigenvalue weighted by Gasteiger charge is -2.30. The van der Waals surface area contributed by atoms with Crippen molar-refractivity contribution >= 4 is 21.7 Å². The van der Waals surface area contributed by atoms with Gasteiger partial charge in [0.05, 0.1) is 11.7 Å². The Morgan fingerprint density at radius 2 is 1.73 bits per heavy atom. The van der Waals surface area contributed by atoms with Gasteiger partial charge in [0.15, 0.2) is 9.84 Å². The monoisotopic (exact) mass is 325 g/mol. The molecular weight excluding hydrogens is 306 g/mol. The van der Waals surface area contributed by atoms with Crippen molar-refractivity contribution in [3.05, 3.63) is 35.4 Å². The Hall–Kier alpha value is -1.89. The maximum absolute atomic E-state index is 12.3. The average Bonchev–Trinajstić information content (AvgIpc) is 2.46. The fourth-order valence-electron chi connectivity index (χ4n) is 2.56. The van der Waals surface area contributed by atoms with Crippen molar-refractivity contribution in [1.82, 2.24) is 4.90 Å². The Morgan fingerprint density at radius 1 is 1.18 bits per heavy atom. The Balaban J connectivity index is 2.00. The molecule has 0 bridgehead atoms. The van der Waals surface area contributed by atoms with Gasteiger partial charge in [-0.25, -0.2) is 8.42 Å². The van der Waals surface area contributed by atoms with Crippen LogP contribution in [-0.4, -0.2) is 49.6 Å². The topological polar surface area (TPSA) is 91.8 Å².